The molecule has 210 valence electrons. The number of allylic oxidation sites excluding steroid dienone is 1. The highest BCUT2D eigenvalue weighted by molar-refractivity contribution is 8.77. The third-order valence-electron chi connectivity index (χ3n) is 5.10. The summed E-state index contributed by atoms with van der Waals surface area (Å²) in [4.78, 5) is 61.9. The molecule has 0 amide bonds. The van der Waals surface area contributed by atoms with E-state index in [1.54, 1.807) is 13.8 Å². The van der Waals surface area contributed by atoms with Gasteiger partial charge in [-0.3, -0.25) is 9.59 Å². The van der Waals surface area contributed by atoms with Crippen molar-refractivity contribution in [2.45, 2.75) is 78.5 Å². The first kappa shape index (κ1) is 32.7. The molecule has 12 nitrogen and oxygen atoms in total. The van der Waals surface area contributed by atoms with Gasteiger partial charge in [-0.2, -0.15) is 0 Å². The van der Waals surface area contributed by atoms with Crippen LogP contribution >= 0.6 is 21.6 Å². The van der Waals surface area contributed by atoms with E-state index < -0.39 is 54.4 Å². The lowest BCUT2D eigenvalue weighted by Gasteiger charge is -2.19. The minimum absolute atomic E-state index is 0.0560. The second-order valence-electron chi connectivity index (χ2n) is 8.77. The predicted molar refractivity (Wildman–Crippen MR) is 143 cm³/mol. The van der Waals surface area contributed by atoms with Crippen molar-refractivity contribution in [1.82, 2.24) is 13.7 Å². The maximum Gasteiger partial charge on any atom is 0.336 e. The van der Waals surface area contributed by atoms with Crippen LogP contribution in [0.25, 0.3) is 0 Å². The summed E-state index contributed by atoms with van der Waals surface area (Å²) in [6.07, 6.45) is -0.158. The predicted octanol–water partition coefficient (Wildman–Crippen LogP) is 0.392. The maximum atomic E-state index is 12.9. The molecule has 1 aromatic heterocycles. The number of carbonyl (C=O) groups is 2. The lowest BCUT2D eigenvalue weighted by Crippen LogP contribution is -2.56. The molecule has 0 aliphatic heterocycles. The fourth-order valence-corrected chi connectivity index (χ4v) is 4.76. The number of nitrogens with zero attached hydrogens (tertiary/aromatic N) is 3. The lowest BCUT2D eigenvalue weighted by molar-refractivity contribution is -0.144. The van der Waals surface area contributed by atoms with Crippen molar-refractivity contribution < 1.29 is 29.3 Å². The zero-order chi connectivity index (χ0) is 28.1. The van der Waals surface area contributed by atoms with E-state index in [-0.39, 0.29) is 36.6 Å². The molecule has 0 saturated heterocycles. The quantitative estimate of drug-likeness (QED) is 0.117. The molecule has 0 aliphatic carbocycles. The first-order chi connectivity index (χ1) is 17.4. The van der Waals surface area contributed by atoms with Crippen LogP contribution in [0.5, 0.6) is 0 Å². The minimum atomic E-state index is -1.42. The van der Waals surface area contributed by atoms with Crippen molar-refractivity contribution in [3.05, 3.63) is 44.1 Å². The van der Waals surface area contributed by atoms with Crippen molar-refractivity contribution in [2.75, 3.05) is 18.1 Å². The number of aliphatic hydroxyl groups is 2. The van der Waals surface area contributed by atoms with Crippen LogP contribution in [0.4, 0.5) is 0 Å². The molecule has 3 atom stereocenters. The molecule has 0 spiro atoms. The van der Waals surface area contributed by atoms with Crippen molar-refractivity contribution in [2.24, 2.45) is 5.92 Å². The number of hydrogen-bond acceptors (Lipinski definition) is 11. The number of aliphatic hydroxyl groups excluding tert-OH is 2. The number of rotatable bonds is 17. The molecular weight excluding hydrogens is 526 g/mol. The Morgan fingerprint density at radius 1 is 0.919 bits per heavy atom. The van der Waals surface area contributed by atoms with E-state index in [1.165, 1.54) is 6.08 Å². The Bertz CT molecular complexity index is 1080. The fourth-order valence-electron chi connectivity index (χ4n) is 3.17. The summed E-state index contributed by atoms with van der Waals surface area (Å²) in [5, 5.41) is 20.7. The number of ether oxygens (including phenoxy) is 2. The highest BCUT2D eigenvalue weighted by Gasteiger charge is 2.21. The molecule has 14 heteroatoms. The van der Waals surface area contributed by atoms with E-state index in [1.807, 2.05) is 13.8 Å². The fraction of sp³-hybridized carbons (Fsp3) is 0.696. The molecule has 1 aromatic rings. The molecule has 0 radical (unpaired) electrons. The SMILES string of the molecule is C=CCn1c(=O)n(CC(O)COC(=O)CSSCC(=O)OC(C)C)c(=O)n(CC(O)CC(C)CC)c1=O. The standard InChI is InChI=1S/C23H37N3O9S2/c1-6-8-24-21(31)25(10-17(27)9-16(5)7-2)23(33)26(22(24)32)11-18(28)12-34-19(29)13-36-37-14-20(30)35-15(3)4/h6,15-18,27-28H,1,7-14H2,2-5H3. The summed E-state index contributed by atoms with van der Waals surface area (Å²) >= 11 is 0. The van der Waals surface area contributed by atoms with Crippen molar-refractivity contribution in [3.8, 4) is 0 Å². The van der Waals surface area contributed by atoms with Crippen LogP contribution < -0.4 is 17.1 Å². The third kappa shape index (κ3) is 11.3. The van der Waals surface area contributed by atoms with E-state index in [0.29, 0.717) is 11.0 Å². The van der Waals surface area contributed by atoms with E-state index in [9.17, 15) is 34.2 Å². The molecular formula is C23H37N3O9S2. The van der Waals surface area contributed by atoms with Crippen molar-refractivity contribution in [1.29, 1.82) is 0 Å². The van der Waals surface area contributed by atoms with E-state index in [2.05, 4.69) is 6.58 Å². The molecule has 3 unspecified atom stereocenters. The molecule has 0 fully saturated rings. The summed E-state index contributed by atoms with van der Waals surface area (Å²) in [5.41, 5.74) is -2.82. The van der Waals surface area contributed by atoms with Crippen LogP contribution in [-0.2, 0) is 38.7 Å². The van der Waals surface area contributed by atoms with Gasteiger partial charge in [0, 0.05) is 0 Å². The molecule has 0 bridgehead atoms. The Balaban J connectivity index is 2.85. The van der Waals surface area contributed by atoms with Crippen LogP contribution in [0, 0.1) is 5.92 Å². The van der Waals surface area contributed by atoms with Gasteiger partial charge in [0.25, 0.3) is 0 Å². The third-order valence-corrected chi connectivity index (χ3v) is 7.18. The van der Waals surface area contributed by atoms with Gasteiger partial charge in [0.1, 0.15) is 24.2 Å². The second-order valence-corrected chi connectivity index (χ2v) is 11.2. The average molecular weight is 564 g/mol. The van der Waals surface area contributed by atoms with Gasteiger partial charge in [-0.25, -0.2) is 28.1 Å². The number of hydrogen-bond donors (Lipinski definition) is 2. The van der Waals surface area contributed by atoms with Crippen molar-refractivity contribution >= 4 is 33.5 Å². The van der Waals surface area contributed by atoms with E-state index in [0.717, 1.165) is 37.1 Å². The van der Waals surface area contributed by atoms with Gasteiger partial charge in [0.2, 0.25) is 0 Å². The summed E-state index contributed by atoms with van der Waals surface area (Å²) in [5.74, 6) is -0.951. The summed E-state index contributed by atoms with van der Waals surface area (Å²) in [6.45, 7) is 9.33. The van der Waals surface area contributed by atoms with Gasteiger partial charge in [-0.05, 0) is 26.2 Å². The van der Waals surface area contributed by atoms with Gasteiger partial charge in [-0.15, -0.1) is 6.58 Å². The number of aromatic nitrogens is 3. The largest absolute Gasteiger partial charge is 0.462 e. The number of carbonyl (C=O) groups excluding carboxylic acids is 2. The van der Waals surface area contributed by atoms with Gasteiger partial charge in [-0.1, -0.05) is 47.9 Å². The first-order valence-corrected chi connectivity index (χ1v) is 14.4. The first-order valence-electron chi connectivity index (χ1n) is 11.9. The topological polar surface area (TPSA) is 159 Å². The molecule has 1 heterocycles. The molecule has 0 aliphatic rings. The Labute approximate surface area is 223 Å². The Kier molecular flexibility index (Phi) is 14.6. The highest BCUT2D eigenvalue weighted by Crippen LogP contribution is 2.21. The Hall–Kier alpha value is -2.29. The lowest BCUT2D eigenvalue weighted by atomic mass is 10.0. The molecule has 0 aromatic carbocycles. The summed E-state index contributed by atoms with van der Waals surface area (Å²) < 4.78 is 12.2. The maximum absolute atomic E-state index is 12.9. The Morgan fingerprint density at radius 3 is 1.95 bits per heavy atom. The highest BCUT2D eigenvalue weighted by atomic mass is 33.1. The zero-order valence-corrected chi connectivity index (χ0v) is 23.3. The van der Waals surface area contributed by atoms with Crippen LogP contribution in [-0.4, -0.2) is 72.3 Å². The van der Waals surface area contributed by atoms with E-state index >= 15 is 0 Å². The zero-order valence-electron chi connectivity index (χ0n) is 21.7. The normalized spacial score (nSPS) is 13.7. The monoisotopic (exact) mass is 563 g/mol. The van der Waals surface area contributed by atoms with Gasteiger partial charge >= 0.3 is 29.0 Å². The Morgan fingerprint density at radius 2 is 1.43 bits per heavy atom. The van der Waals surface area contributed by atoms with Crippen LogP contribution in [0.15, 0.2) is 27.0 Å². The molecule has 1 rings (SSSR count). The van der Waals surface area contributed by atoms with Crippen LogP contribution in [0.2, 0.25) is 0 Å². The van der Waals surface area contributed by atoms with Gasteiger partial charge in [0.15, 0.2) is 0 Å². The second kappa shape index (κ2) is 16.5. The molecule has 2 N–H and O–H groups in total. The van der Waals surface area contributed by atoms with Gasteiger partial charge in [0.05, 0.1) is 31.8 Å². The van der Waals surface area contributed by atoms with E-state index in [4.69, 9.17) is 9.47 Å². The molecule has 37 heavy (non-hydrogen) atoms. The molecule has 0 saturated carbocycles. The smallest absolute Gasteiger partial charge is 0.336 e. The van der Waals surface area contributed by atoms with Gasteiger partial charge < -0.3 is 19.7 Å². The summed E-state index contributed by atoms with van der Waals surface area (Å²) in [6, 6.07) is 0. The number of esters is 2. The average Bonchev–Trinajstić information content (AvgIpc) is 2.83. The van der Waals surface area contributed by atoms with Crippen molar-refractivity contribution in [3.63, 3.8) is 0 Å². The van der Waals surface area contributed by atoms with Crippen LogP contribution in [0.3, 0.4) is 0 Å². The van der Waals surface area contributed by atoms with Crippen LogP contribution in [0.1, 0.15) is 40.5 Å². The summed E-state index contributed by atoms with van der Waals surface area (Å²) in [7, 11) is 2.20. The minimum Gasteiger partial charge on any atom is -0.462 e.